The minimum absolute atomic E-state index is 0.314. The zero-order valence-corrected chi connectivity index (χ0v) is 11.6. The number of benzene rings is 1. The Morgan fingerprint density at radius 2 is 2.18 bits per heavy atom. The van der Waals surface area contributed by atoms with Crippen molar-refractivity contribution >= 4 is 21.9 Å². The molecule has 0 aliphatic carbocycles. The lowest BCUT2D eigenvalue weighted by Gasteiger charge is -2.16. The van der Waals surface area contributed by atoms with Gasteiger partial charge in [0.25, 0.3) is 0 Å². The van der Waals surface area contributed by atoms with Crippen molar-refractivity contribution in [2.45, 2.75) is 32.6 Å². The molecule has 0 fully saturated rings. The number of ether oxygens (including phenoxy) is 1. The van der Waals surface area contributed by atoms with E-state index in [9.17, 15) is 9.18 Å². The van der Waals surface area contributed by atoms with Crippen LogP contribution in [0, 0.1) is 5.82 Å². The van der Waals surface area contributed by atoms with Gasteiger partial charge in [-0.1, -0.05) is 29.3 Å². The average molecular weight is 303 g/mol. The van der Waals surface area contributed by atoms with Gasteiger partial charge in [-0.25, -0.2) is 4.39 Å². The lowest BCUT2D eigenvalue weighted by molar-refractivity contribution is -0.145. The van der Waals surface area contributed by atoms with Gasteiger partial charge in [-0.3, -0.25) is 4.79 Å². The summed E-state index contributed by atoms with van der Waals surface area (Å²) in [6.45, 7) is 4.02. The van der Waals surface area contributed by atoms with Gasteiger partial charge in [0.15, 0.2) is 0 Å². The van der Waals surface area contributed by atoms with Gasteiger partial charge in [0, 0.05) is 10.0 Å². The van der Waals surface area contributed by atoms with Crippen LogP contribution in [-0.4, -0.2) is 12.6 Å². The van der Waals surface area contributed by atoms with E-state index in [-0.39, 0.29) is 11.8 Å². The highest BCUT2D eigenvalue weighted by molar-refractivity contribution is 9.10. The van der Waals surface area contributed by atoms with Crippen LogP contribution in [0.4, 0.5) is 4.39 Å². The van der Waals surface area contributed by atoms with Crippen LogP contribution in [0.15, 0.2) is 22.7 Å². The summed E-state index contributed by atoms with van der Waals surface area (Å²) in [7, 11) is 0. The first-order chi connectivity index (χ1) is 8.10. The second-order valence-electron chi connectivity index (χ2n) is 3.76. The van der Waals surface area contributed by atoms with Gasteiger partial charge in [0.05, 0.1) is 12.5 Å². The third kappa shape index (κ3) is 3.80. The fourth-order valence-electron chi connectivity index (χ4n) is 1.71. The van der Waals surface area contributed by atoms with Crippen LogP contribution >= 0.6 is 15.9 Å². The predicted molar refractivity (Wildman–Crippen MR) is 68.4 cm³/mol. The Hall–Kier alpha value is -0.900. The van der Waals surface area contributed by atoms with Crippen molar-refractivity contribution in [2.24, 2.45) is 0 Å². The van der Waals surface area contributed by atoms with E-state index in [1.807, 2.05) is 6.92 Å². The smallest absolute Gasteiger partial charge is 0.313 e. The molecule has 0 saturated carbocycles. The van der Waals surface area contributed by atoms with E-state index in [4.69, 9.17) is 4.74 Å². The zero-order chi connectivity index (χ0) is 12.8. The first-order valence-electron chi connectivity index (χ1n) is 5.71. The second-order valence-corrected chi connectivity index (χ2v) is 4.67. The summed E-state index contributed by atoms with van der Waals surface area (Å²) in [5.74, 6) is -1.23. The van der Waals surface area contributed by atoms with Crippen molar-refractivity contribution in [3.63, 3.8) is 0 Å². The number of rotatable bonds is 5. The van der Waals surface area contributed by atoms with Crippen LogP contribution in [0.3, 0.4) is 0 Å². The van der Waals surface area contributed by atoms with Gasteiger partial charge in [-0.05, 0) is 31.5 Å². The molecular weight excluding hydrogens is 287 g/mol. The summed E-state index contributed by atoms with van der Waals surface area (Å²) >= 11 is 3.29. The second kappa shape index (κ2) is 6.74. The van der Waals surface area contributed by atoms with Crippen LogP contribution < -0.4 is 0 Å². The Bertz CT molecular complexity index is 393. The molecule has 0 N–H and O–H groups in total. The van der Waals surface area contributed by atoms with Crippen LogP contribution in [0.2, 0.25) is 0 Å². The fraction of sp³-hybridized carbons (Fsp3) is 0.462. The molecule has 1 rings (SSSR count). The maximum absolute atomic E-state index is 13.7. The Labute approximate surface area is 109 Å². The van der Waals surface area contributed by atoms with Gasteiger partial charge in [0.1, 0.15) is 5.82 Å². The molecule has 1 aromatic carbocycles. The van der Waals surface area contributed by atoms with E-state index in [2.05, 4.69) is 15.9 Å². The minimum atomic E-state index is -0.516. The van der Waals surface area contributed by atoms with Gasteiger partial charge in [-0.2, -0.15) is 0 Å². The maximum Gasteiger partial charge on any atom is 0.313 e. The molecule has 1 atom stereocenters. The molecule has 1 unspecified atom stereocenters. The molecule has 0 aromatic heterocycles. The summed E-state index contributed by atoms with van der Waals surface area (Å²) in [6.07, 6.45) is 1.39. The summed E-state index contributed by atoms with van der Waals surface area (Å²) in [4.78, 5) is 11.8. The van der Waals surface area contributed by atoms with E-state index in [1.54, 1.807) is 19.1 Å². The zero-order valence-electron chi connectivity index (χ0n) is 10.0. The van der Waals surface area contributed by atoms with Gasteiger partial charge < -0.3 is 4.74 Å². The average Bonchev–Trinajstić information content (AvgIpc) is 2.30. The number of carbonyl (C=O) groups is 1. The lowest BCUT2D eigenvalue weighted by atomic mass is 9.94. The minimum Gasteiger partial charge on any atom is -0.466 e. The summed E-state index contributed by atoms with van der Waals surface area (Å²) in [5, 5.41) is 0. The molecule has 17 heavy (non-hydrogen) atoms. The van der Waals surface area contributed by atoms with Crippen molar-refractivity contribution in [1.29, 1.82) is 0 Å². The summed E-state index contributed by atoms with van der Waals surface area (Å²) < 4.78 is 19.5. The quantitative estimate of drug-likeness (QED) is 0.768. The highest BCUT2D eigenvalue weighted by Gasteiger charge is 2.24. The monoisotopic (exact) mass is 302 g/mol. The maximum atomic E-state index is 13.7. The molecule has 4 heteroatoms. The first-order valence-corrected chi connectivity index (χ1v) is 6.51. The molecule has 0 aliphatic rings. The molecule has 0 amide bonds. The molecule has 2 nitrogen and oxygen atoms in total. The van der Waals surface area contributed by atoms with Crippen molar-refractivity contribution in [3.05, 3.63) is 34.1 Å². The van der Waals surface area contributed by atoms with Gasteiger partial charge in [0.2, 0.25) is 0 Å². The third-order valence-electron chi connectivity index (χ3n) is 2.48. The standard InChI is InChI=1S/C13H16BrFO2/c1-3-5-10(13(16)17-4-2)11-8-9(14)6-7-12(11)15/h6-8,10H,3-5H2,1-2H3. The lowest BCUT2D eigenvalue weighted by Crippen LogP contribution is -2.17. The highest BCUT2D eigenvalue weighted by atomic mass is 79.9. The third-order valence-corrected chi connectivity index (χ3v) is 2.98. The predicted octanol–water partition coefficient (Wildman–Crippen LogP) is 4.04. The number of halogens is 2. The topological polar surface area (TPSA) is 26.3 Å². The number of esters is 1. The Morgan fingerprint density at radius 1 is 1.47 bits per heavy atom. The van der Waals surface area contributed by atoms with Crippen molar-refractivity contribution < 1.29 is 13.9 Å². The van der Waals surface area contributed by atoms with Gasteiger partial charge in [-0.15, -0.1) is 0 Å². The van der Waals surface area contributed by atoms with Crippen molar-refractivity contribution in [1.82, 2.24) is 0 Å². The molecule has 0 radical (unpaired) electrons. The highest BCUT2D eigenvalue weighted by Crippen LogP contribution is 2.28. The molecule has 1 aromatic rings. The Balaban J connectivity index is 3.04. The molecule has 0 aliphatic heterocycles. The van der Waals surface area contributed by atoms with E-state index in [1.165, 1.54) is 6.07 Å². The fourth-order valence-corrected chi connectivity index (χ4v) is 2.09. The Morgan fingerprint density at radius 3 is 2.76 bits per heavy atom. The molecular formula is C13H16BrFO2. The largest absolute Gasteiger partial charge is 0.466 e. The molecule has 0 saturated heterocycles. The summed E-state index contributed by atoms with van der Waals surface area (Å²) in [5.41, 5.74) is 0.402. The SMILES string of the molecule is CCCC(C(=O)OCC)c1cc(Br)ccc1F. The van der Waals surface area contributed by atoms with Crippen LogP contribution in [-0.2, 0) is 9.53 Å². The number of hydrogen-bond donors (Lipinski definition) is 0. The van der Waals surface area contributed by atoms with E-state index in [0.29, 0.717) is 18.6 Å². The number of hydrogen-bond acceptors (Lipinski definition) is 2. The van der Waals surface area contributed by atoms with Crippen LogP contribution in [0.5, 0.6) is 0 Å². The Kier molecular flexibility index (Phi) is 5.62. The molecule has 0 bridgehead atoms. The molecule has 0 heterocycles. The summed E-state index contributed by atoms with van der Waals surface area (Å²) in [6, 6.07) is 4.63. The van der Waals surface area contributed by atoms with E-state index >= 15 is 0 Å². The normalized spacial score (nSPS) is 12.2. The molecule has 94 valence electrons. The molecule has 0 spiro atoms. The van der Waals surface area contributed by atoms with Gasteiger partial charge >= 0.3 is 5.97 Å². The van der Waals surface area contributed by atoms with E-state index < -0.39 is 5.92 Å². The van der Waals surface area contributed by atoms with Crippen LogP contribution in [0.25, 0.3) is 0 Å². The first kappa shape index (κ1) is 14.2. The van der Waals surface area contributed by atoms with Crippen molar-refractivity contribution in [2.75, 3.05) is 6.61 Å². The number of carbonyl (C=O) groups excluding carboxylic acids is 1. The van der Waals surface area contributed by atoms with Crippen molar-refractivity contribution in [3.8, 4) is 0 Å². The van der Waals surface area contributed by atoms with E-state index in [0.717, 1.165) is 10.9 Å². The van der Waals surface area contributed by atoms with Crippen LogP contribution in [0.1, 0.15) is 38.2 Å².